The normalized spacial score (nSPS) is 10.2. The summed E-state index contributed by atoms with van der Waals surface area (Å²) in [6, 6.07) is 6.81. The summed E-state index contributed by atoms with van der Waals surface area (Å²) < 4.78 is 0.912. The highest BCUT2D eigenvalue weighted by molar-refractivity contribution is 9.11. The Balaban J connectivity index is 2.21. The van der Waals surface area contributed by atoms with Crippen LogP contribution in [-0.2, 0) is 0 Å². The van der Waals surface area contributed by atoms with Gasteiger partial charge in [-0.3, -0.25) is 4.79 Å². The van der Waals surface area contributed by atoms with Crippen LogP contribution in [0.25, 0.3) is 0 Å². The van der Waals surface area contributed by atoms with Gasteiger partial charge < -0.3 is 10.4 Å². The van der Waals surface area contributed by atoms with Crippen molar-refractivity contribution in [1.82, 2.24) is 0 Å². The lowest BCUT2D eigenvalue weighted by atomic mass is 10.1. The van der Waals surface area contributed by atoms with Crippen molar-refractivity contribution in [3.63, 3.8) is 0 Å². The molecule has 2 rings (SSSR count). The van der Waals surface area contributed by atoms with E-state index < -0.39 is 0 Å². The lowest BCUT2D eigenvalue weighted by molar-refractivity contribution is 0.102. The molecule has 0 fully saturated rings. The van der Waals surface area contributed by atoms with E-state index in [4.69, 9.17) is 0 Å². The Kier molecular flexibility index (Phi) is 3.49. The number of anilines is 1. The van der Waals surface area contributed by atoms with Crippen LogP contribution in [0.1, 0.15) is 15.9 Å². The van der Waals surface area contributed by atoms with E-state index in [2.05, 4.69) is 21.2 Å². The van der Waals surface area contributed by atoms with Crippen molar-refractivity contribution in [2.45, 2.75) is 6.92 Å². The molecular formula is C12H10BrNO2S. The summed E-state index contributed by atoms with van der Waals surface area (Å²) in [6.45, 7) is 1.76. The molecule has 0 radical (unpaired) electrons. The van der Waals surface area contributed by atoms with Gasteiger partial charge in [0, 0.05) is 16.6 Å². The van der Waals surface area contributed by atoms with Gasteiger partial charge in [-0.25, -0.2) is 0 Å². The van der Waals surface area contributed by atoms with E-state index in [1.165, 1.54) is 11.3 Å². The second kappa shape index (κ2) is 4.89. The number of rotatable bonds is 2. The van der Waals surface area contributed by atoms with Crippen LogP contribution in [-0.4, -0.2) is 11.0 Å². The van der Waals surface area contributed by atoms with E-state index in [1.54, 1.807) is 36.6 Å². The van der Waals surface area contributed by atoms with Crippen molar-refractivity contribution in [3.8, 4) is 5.75 Å². The van der Waals surface area contributed by atoms with Crippen molar-refractivity contribution in [2.75, 3.05) is 5.32 Å². The molecule has 0 aliphatic rings. The zero-order chi connectivity index (χ0) is 12.4. The summed E-state index contributed by atoms with van der Waals surface area (Å²) in [4.78, 5) is 11.9. The van der Waals surface area contributed by atoms with Crippen LogP contribution in [0, 0.1) is 6.92 Å². The maximum atomic E-state index is 11.9. The van der Waals surface area contributed by atoms with Gasteiger partial charge in [0.05, 0.1) is 9.35 Å². The van der Waals surface area contributed by atoms with Gasteiger partial charge in [0.2, 0.25) is 0 Å². The summed E-state index contributed by atoms with van der Waals surface area (Å²) in [6.07, 6.45) is 0. The largest absolute Gasteiger partial charge is 0.508 e. The fourth-order valence-electron chi connectivity index (χ4n) is 1.38. The topological polar surface area (TPSA) is 49.3 Å². The third kappa shape index (κ3) is 2.68. The second-order valence-corrected chi connectivity index (χ2v) is 5.83. The molecule has 0 aliphatic heterocycles. The number of aromatic hydroxyl groups is 1. The van der Waals surface area contributed by atoms with E-state index >= 15 is 0 Å². The van der Waals surface area contributed by atoms with Gasteiger partial charge in [0.15, 0.2) is 0 Å². The van der Waals surface area contributed by atoms with Crippen molar-refractivity contribution in [1.29, 1.82) is 0 Å². The smallest absolute Gasteiger partial charge is 0.256 e. The van der Waals surface area contributed by atoms with E-state index in [-0.39, 0.29) is 11.7 Å². The Morgan fingerprint density at radius 1 is 1.47 bits per heavy atom. The lowest BCUT2D eigenvalue weighted by Gasteiger charge is -2.08. The molecule has 0 unspecified atom stereocenters. The fraction of sp³-hybridized carbons (Fsp3) is 0.0833. The predicted octanol–water partition coefficient (Wildman–Crippen LogP) is 3.78. The molecule has 17 heavy (non-hydrogen) atoms. The second-order valence-electron chi connectivity index (χ2n) is 3.54. The molecule has 1 aromatic carbocycles. The Labute approximate surface area is 111 Å². The van der Waals surface area contributed by atoms with Gasteiger partial charge in [0.25, 0.3) is 5.91 Å². The van der Waals surface area contributed by atoms with Crippen LogP contribution in [0.4, 0.5) is 5.69 Å². The van der Waals surface area contributed by atoms with Gasteiger partial charge in [-0.1, -0.05) is 6.07 Å². The fourth-order valence-corrected chi connectivity index (χ4v) is 2.52. The highest BCUT2D eigenvalue weighted by Crippen LogP contribution is 2.25. The van der Waals surface area contributed by atoms with Gasteiger partial charge >= 0.3 is 0 Å². The Morgan fingerprint density at radius 2 is 2.24 bits per heavy atom. The van der Waals surface area contributed by atoms with Gasteiger partial charge in [-0.15, -0.1) is 11.3 Å². The van der Waals surface area contributed by atoms with Crippen molar-refractivity contribution >= 4 is 38.9 Å². The number of thiophene rings is 1. The molecule has 0 spiro atoms. The Morgan fingerprint density at radius 3 is 2.88 bits per heavy atom. The van der Waals surface area contributed by atoms with E-state index in [9.17, 15) is 9.90 Å². The maximum Gasteiger partial charge on any atom is 0.256 e. The average molecular weight is 312 g/mol. The van der Waals surface area contributed by atoms with Crippen LogP contribution in [0.2, 0.25) is 0 Å². The van der Waals surface area contributed by atoms with Crippen LogP contribution < -0.4 is 5.32 Å². The standard InChI is InChI=1S/C12H10BrNO2S/c1-7-9(3-2-4-10(7)15)14-12(16)8-5-11(13)17-6-8/h2-6,15H,1H3,(H,14,16). The molecule has 1 amide bonds. The number of hydrogen-bond donors (Lipinski definition) is 2. The minimum atomic E-state index is -0.180. The molecule has 1 aromatic heterocycles. The molecule has 0 bridgehead atoms. The number of carbonyl (C=O) groups is 1. The summed E-state index contributed by atoms with van der Waals surface area (Å²) in [5, 5.41) is 14.1. The zero-order valence-corrected chi connectivity index (χ0v) is 11.4. The number of amides is 1. The van der Waals surface area contributed by atoms with Gasteiger partial charge in [-0.2, -0.15) is 0 Å². The first-order valence-electron chi connectivity index (χ1n) is 4.92. The SMILES string of the molecule is Cc1c(O)cccc1NC(=O)c1csc(Br)c1. The highest BCUT2D eigenvalue weighted by Gasteiger charge is 2.10. The summed E-state index contributed by atoms with van der Waals surface area (Å²) in [7, 11) is 0. The average Bonchev–Trinajstić information content (AvgIpc) is 2.72. The molecule has 1 heterocycles. The maximum absolute atomic E-state index is 11.9. The van der Waals surface area contributed by atoms with E-state index in [1.807, 2.05) is 0 Å². The van der Waals surface area contributed by atoms with Gasteiger partial charge in [-0.05, 0) is 41.1 Å². The first-order chi connectivity index (χ1) is 8.08. The summed E-state index contributed by atoms with van der Waals surface area (Å²) in [5.74, 6) is -0.00468. The number of phenols is 1. The van der Waals surface area contributed by atoms with Crippen molar-refractivity contribution in [3.05, 3.63) is 44.6 Å². The predicted molar refractivity (Wildman–Crippen MR) is 72.8 cm³/mol. The zero-order valence-electron chi connectivity index (χ0n) is 9.03. The van der Waals surface area contributed by atoms with Crippen LogP contribution >= 0.6 is 27.3 Å². The molecular weight excluding hydrogens is 302 g/mol. The van der Waals surface area contributed by atoms with Crippen molar-refractivity contribution in [2.24, 2.45) is 0 Å². The first kappa shape index (κ1) is 12.1. The van der Waals surface area contributed by atoms with Crippen molar-refractivity contribution < 1.29 is 9.90 Å². The van der Waals surface area contributed by atoms with Crippen LogP contribution in [0.5, 0.6) is 5.75 Å². The molecule has 88 valence electrons. The quantitative estimate of drug-likeness (QED) is 0.886. The molecule has 2 aromatic rings. The number of phenolic OH excluding ortho intramolecular Hbond substituents is 1. The number of carbonyl (C=O) groups excluding carboxylic acids is 1. The monoisotopic (exact) mass is 311 g/mol. The summed E-state index contributed by atoms with van der Waals surface area (Å²) >= 11 is 4.77. The molecule has 2 N–H and O–H groups in total. The molecule has 3 nitrogen and oxygen atoms in total. The van der Waals surface area contributed by atoms with Crippen LogP contribution in [0.3, 0.4) is 0 Å². The molecule has 0 aliphatic carbocycles. The minimum Gasteiger partial charge on any atom is -0.508 e. The summed E-state index contributed by atoms with van der Waals surface area (Å²) in [5.41, 5.74) is 1.89. The molecule has 0 atom stereocenters. The number of benzene rings is 1. The lowest BCUT2D eigenvalue weighted by Crippen LogP contribution is -2.11. The third-order valence-corrected chi connectivity index (χ3v) is 3.89. The number of halogens is 1. The minimum absolute atomic E-state index is 0.175. The number of hydrogen-bond acceptors (Lipinski definition) is 3. The van der Waals surface area contributed by atoms with E-state index in [0.29, 0.717) is 16.8 Å². The number of nitrogens with one attached hydrogen (secondary N) is 1. The third-order valence-electron chi connectivity index (χ3n) is 2.38. The van der Waals surface area contributed by atoms with E-state index in [0.717, 1.165) is 3.79 Å². The molecule has 5 heteroatoms. The Hall–Kier alpha value is -1.33. The molecule has 0 saturated carbocycles. The first-order valence-corrected chi connectivity index (χ1v) is 6.59. The molecule has 0 saturated heterocycles. The van der Waals surface area contributed by atoms with Crippen LogP contribution in [0.15, 0.2) is 33.4 Å². The Bertz CT molecular complexity index is 565. The van der Waals surface area contributed by atoms with Gasteiger partial charge in [0.1, 0.15) is 5.75 Å². The highest BCUT2D eigenvalue weighted by atomic mass is 79.9.